The largest absolute Gasteiger partial charge is 0.353 e. The van der Waals surface area contributed by atoms with Crippen molar-refractivity contribution in [2.45, 2.75) is 69.5 Å². The van der Waals surface area contributed by atoms with Crippen LogP contribution in [0.25, 0.3) is 0 Å². The molecule has 0 radical (unpaired) electrons. The van der Waals surface area contributed by atoms with E-state index in [0.29, 0.717) is 5.92 Å². The van der Waals surface area contributed by atoms with E-state index in [4.69, 9.17) is 19.2 Å². The van der Waals surface area contributed by atoms with Crippen molar-refractivity contribution in [1.29, 1.82) is 0 Å². The van der Waals surface area contributed by atoms with Gasteiger partial charge in [0.15, 0.2) is 11.9 Å². The molecule has 1 aliphatic carbocycles. The molecule has 3 aliphatic heterocycles. The highest BCUT2D eigenvalue weighted by molar-refractivity contribution is 4.99. The molecule has 0 amide bonds. The number of ether oxygens (including phenoxy) is 2. The molecule has 4 nitrogen and oxygen atoms in total. The van der Waals surface area contributed by atoms with Gasteiger partial charge in [-0.25, -0.2) is 9.78 Å². The lowest BCUT2D eigenvalue weighted by Crippen LogP contribution is -2.59. The first-order valence-electron chi connectivity index (χ1n) is 6.82. The maximum absolute atomic E-state index is 6.09. The Hall–Kier alpha value is -0.160. The molecule has 2 bridgehead atoms. The maximum atomic E-state index is 6.09. The van der Waals surface area contributed by atoms with Gasteiger partial charge in [0, 0.05) is 20.0 Å². The molecule has 0 N–H and O–H groups in total. The van der Waals surface area contributed by atoms with Gasteiger partial charge in [-0.05, 0) is 25.2 Å². The van der Waals surface area contributed by atoms with Gasteiger partial charge in [0.05, 0.1) is 0 Å². The van der Waals surface area contributed by atoms with Crippen LogP contribution in [0.2, 0.25) is 0 Å². The summed E-state index contributed by atoms with van der Waals surface area (Å²) in [6.07, 6.45) is 7.19. The molecule has 17 heavy (non-hydrogen) atoms. The summed E-state index contributed by atoms with van der Waals surface area (Å²) >= 11 is 0. The molecule has 4 aliphatic rings. The molecule has 4 rings (SSSR count). The number of rotatable bonds is 2. The second-order valence-corrected chi connectivity index (χ2v) is 5.55. The van der Waals surface area contributed by atoms with Gasteiger partial charge in [-0.1, -0.05) is 19.8 Å². The minimum atomic E-state index is -0.580. The predicted molar refractivity (Wildman–Crippen MR) is 61.0 cm³/mol. The van der Waals surface area contributed by atoms with Crippen molar-refractivity contribution in [2.24, 2.45) is 5.92 Å². The summed E-state index contributed by atoms with van der Waals surface area (Å²) in [6.45, 7) is 2.07. The van der Waals surface area contributed by atoms with Gasteiger partial charge in [-0.2, -0.15) is 0 Å². The van der Waals surface area contributed by atoms with Crippen LogP contribution in [0.5, 0.6) is 0 Å². The minimum absolute atomic E-state index is 0.274. The summed E-state index contributed by atoms with van der Waals surface area (Å²) in [5.74, 6) is -0.0689. The Bertz CT molecular complexity index is 291. The lowest BCUT2D eigenvalue weighted by molar-refractivity contribution is -0.552. The van der Waals surface area contributed by atoms with Crippen LogP contribution in [0.15, 0.2) is 0 Å². The molecule has 0 aromatic rings. The van der Waals surface area contributed by atoms with E-state index in [9.17, 15) is 0 Å². The quantitative estimate of drug-likeness (QED) is 0.698. The molecule has 3 saturated heterocycles. The number of hydrogen-bond acceptors (Lipinski definition) is 4. The molecule has 0 aromatic heterocycles. The first-order chi connectivity index (χ1) is 8.25. The summed E-state index contributed by atoms with van der Waals surface area (Å²) in [7, 11) is 1.71. The summed E-state index contributed by atoms with van der Waals surface area (Å²) < 4.78 is 11.7. The molecule has 0 aromatic carbocycles. The van der Waals surface area contributed by atoms with Crippen molar-refractivity contribution in [3.63, 3.8) is 0 Å². The van der Waals surface area contributed by atoms with Gasteiger partial charge in [0.1, 0.15) is 0 Å². The number of hydrogen-bond donors (Lipinski definition) is 0. The Labute approximate surface area is 102 Å². The van der Waals surface area contributed by atoms with E-state index in [0.717, 1.165) is 25.7 Å². The lowest BCUT2D eigenvalue weighted by Gasteiger charge is -2.49. The summed E-state index contributed by atoms with van der Waals surface area (Å²) in [5.41, 5.74) is -0.359. The smallest absolute Gasteiger partial charge is 0.204 e. The number of methoxy groups -OCH3 is 1. The molecule has 3 unspecified atom stereocenters. The SMILES string of the molecule is CCC12CCC3CCCCC3(OO1)[C@@H](OC)O2. The van der Waals surface area contributed by atoms with Crippen molar-refractivity contribution in [2.75, 3.05) is 7.11 Å². The highest BCUT2D eigenvalue weighted by Crippen LogP contribution is 2.52. The van der Waals surface area contributed by atoms with Crippen LogP contribution < -0.4 is 0 Å². The Balaban J connectivity index is 1.94. The van der Waals surface area contributed by atoms with E-state index >= 15 is 0 Å². The van der Waals surface area contributed by atoms with Crippen molar-refractivity contribution < 1.29 is 19.2 Å². The Morgan fingerprint density at radius 3 is 2.82 bits per heavy atom. The fourth-order valence-electron chi connectivity index (χ4n) is 3.62. The van der Waals surface area contributed by atoms with Crippen LogP contribution in [0.4, 0.5) is 0 Å². The molecular formula is C13H22O4. The molecule has 98 valence electrons. The van der Waals surface area contributed by atoms with E-state index in [1.807, 2.05) is 0 Å². The van der Waals surface area contributed by atoms with E-state index in [1.54, 1.807) is 7.11 Å². The number of fused-ring (bicyclic) bond motifs is 3. The minimum Gasteiger partial charge on any atom is -0.353 e. The van der Waals surface area contributed by atoms with Gasteiger partial charge in [0.25, 0.3) is 0 Å². The van der Waals surface area contributed by atoms with Gasteiger partial charge in [0.2, 0.25) is 5.79 Å². The normalized spacial score (nSPS) is 49.8. The van der Waals surface area contributed by atoms with Crippen molar-refractivity contribution >= 4 is 0 Å². The van der Waals surface area contributed by atoms with Crippen LogP contribution in [0.3, 0.4) is 0 Å². The zero-order valence-electron chi connectivity index (χ0n) is 10.7. The fraction of sp³-hybridized carbons (Fsp3) is 1.00. The van der Waals surface area contributed by atoms with Gasteiger partial charge >= 0.3 is 0 Å². The predicted octanol–water partition coefficient (Wildman–Crippen LogP) is 2.77. The second-order valence-electron chi connectivity index (χ2n) is 5.55. The molecule has 3 heterocycles. The highest BCUT2D eigenvalue weighted by atomic mass is 17.3. The summed E-state index contributed by atoms with van der Waals surface area (Å²) in [5, 5.41) is 0. The van der Waals surface area contributed by atoms with E-state index in [2.05, 4.69) is 6.92 Å². The van der Waals surface area contributed by atoms with Gasteiger partial charge in [-0.15, -0.1) is 0 Å². The summed E-state index contributed by atoms with van der Waals surface area (Å²) in [6, 6.07) is 0. The molecule has 1 saturated carbocycles. The average Bonchev–Trinajstić information content (AvgIpc) is 2.64. The van der Waals surface area contributed by atoms with Crippen LogP contribution in [-0.4, -0.2) is 24.8 Å². The zero-order chi connectivity index (χ0) is 11.9. The maximum Gasteiger partial charge on any atom is 0.204 e. The van der Waals surface area contributed by atoms with E-state index in [1.165, 1.54) is 19.3 Å². The standard InChI is InChI=1S/C13H22O4/c1-3-12-9-7-10-6-4-5-8-13(10,17-16-12)11(14-2)15-12/h10-11H,3-9H2,1-2H3/t10?,11-,12?,13?/m0/s1. The molecular weight excluding hydrogens is 220 g/mol. The Morgan fingerprint density at radius 2 is 2.06 bits per heavy atom. The van der Waals surface area contributed by atoms with Gasteiger partial charge < -0.3 is 9.47 Å². The fourth-order valence-corrected chi connectivity index (χ4v) is 3.62. The van der Waals surface area contributed by atoms with Gasteiger partial charge in [-0.3, -0.25) is 0 Å². The third kappa shape index (κ3) is 1.65. The zero-order valence-corrected chi connectivity index (χ0v) is 10.7. The van der Waals surface area contributed by atoms with Crippen LogP contribution in [0, 0.1) is 5.92 Å². The Kier molecular flexibility index (Phi) is 2.94. The monoisotopic (exact) mass is 242 g/mol. The Morgan fingerprint density at radius 1 is 1.18 bits per heavy atom. The highest BCUT2D eigenvalue weighted by Gasteiger charge is 2.60. The average molecular weight is 242 g/mol. The van der Waals surface area contributed by atoms with E-state index in [-0.39, 0.29) is 11.9 Å². The third-order valence-electron chi connectivity index (χ3n) is 4.76. The van der Waals surface area contributed by atoms with Crippen LogP contribution in [0.1, 0.15) is 51.9 Å². The molecule has 4 heteroatoms. The molecule has 4 atom stereocenters. The van der Waals surface area contributed by atoms with Crippen molar-refractivity contribution in [3.05, 3.63) is 0 Å². The van der Waals surface area contributed by atoms with Crippen molar-refractivity contribution in [1.82, 2.24) is 0 Å². The van der Waals surface area contributed by atoms with Crippen LogP contribution in [-0.2, 0) is 19.2 Å². The first-order valence-corrected chi connectivity index (χ1v) is 6.82. The van der Waals surface area contributed by atoms with Crippen LogP contribution >= 0.6 is 0 Å². The second kappa shape index (κ2) is 4.19. The molecule has 1 spiro atoms. The van der Waals surface area contributed by atoms with Crippen molar-refractivity contribution in [3.8, 4) is 0 Å². The third-order valence-corrected chi connectivity index (χ3v) is 4.76. The first kappa shape index (κ1) is 11.9. The summed E-state index contributed by atoms with van der Waals surface area (Å²) in [4.78, 5) is 11.5. The van der Waals surface area contributed by atoms with E-state index < -0.39 is 5.79 Å². The topological polar surface area (TPSA) is 36.9 Å². The lowest BCUT2D eigenvalue weighted by atomic mass is 9.73. The molecule has 4 fully saturated rings.